The van der Waals surface area contributed by atoms with Crippen molar-refractivity contribution in [3.63, 3.8) is 0 Å². The van der Waals surface area contributed by atoms with E-state index in [4.69, 9.17) is 5.73 Å². The molecule has 2 rings (SSSR count). The molecule has 1 aromatic rings. The molecular weight excluding hydrogens is 208 g/mol. The van der Waals surface area contributed by atoms with Crippen LogP contribution in [0.1, 0.15) is 38.2 Å². The summed E-state index contributed by atoms with van der Waals surface area (Å²) in [7, 11) is 0. The first kappa shape index (κ1) is 12.4. The molecule has 1 aliphatic rings. The minimum Gasteiger partial charge on any atom is -0.378 e. The summed E-state index contributed by atoms with van der Waals surface area (Å²) >= 11 is 0. The van der Waals surface area contributed by atoms with Crippen LogP contribution in [0.25, 0.3) is 0 Å². The molecule has 17 heavy (non-hydrogen) atoms. The van der Waals surface area contributed by atoms with Crippen LogP contribution in [0, 0.1) is 12.8 Å². The van der Waals surface area contributed by atoms with E-state index in [0.29, 0.717) is 5.92 Å². The van der Waals surface area contributed by atoms with Gasteiger partial charge >= 0.3 is 0 Å². The molecule has 0 aliphatic heterocycles. The smallest absolute Gasteiger partial charge is 0.0523 e. The molecule has 2 unspecified atom stereocenters. The van der Waals surface area contributed by atoms with E-state index < -0.39 is 0 Å². The second kappa shape index (κ2) is 5.09. The van der Waals surface area contributed by atoms with Crippen LogP contribution in [0.4, 0.5) is 5.69 Å². The molecule has 1 fully saturated rings. The number of rotatable bonds is 4. The zero-order valence-corrected chi connectivity index (χ0v) is 11.0. The Labute approximate surface area is 105 Å². The molecule has 0 amide bonds. The van der Waals surface area contributed by atoms with Gasteiger partial charge in [-0.2, -0.15) is 0 Å². The van der Waals surface area contributed by atoms with Crippen molar-refractivity contribution in [1.29, 1.82) is 0 Å². The molecule has 94 valence electrons. The fourth-order valence-corrected chi connectivity index (χ4v) is 3.20. The third-order valence-electron chi connectivity index (χ3n) is 4.34. The molecule has 3 N–H and O–H groups in total. The summed E-state index contributed by atoms with van der Waals surface area (Å²) in [6.45, 7) is 5.17. The molecule has 0 saturated heterocycles. The third-order valence-corrected chi connectivity index (χ3v) is 4.34. The molecular formula is C15H24N2. The van der Waals surface area contributed by atoms with Crippen LogP contribution in [0.3, 0.4) is 0 Å². The summed E-state index contributed by atoms with van der Waals surface area (Å²) in [5.74, 6) is 0.715. The minimum atomic E-state index is 0.126. The van der Waals surface area contributed by atoms with Crippen molar-refractivity contribution >= 4 is 5.69 Å². The van der Waals surface area contributed by atoms with E-state index in [0.717, 1.165) is 6.54 Å². The summed E-state index contributed by atoms with van der Waals surface area (Å²) < 4.78 is 0. The summed E-state index contributed by atoms with van der Waals surface area (Å²) in [6, 6.07) is 8.50. The van der Waals surface area contributed by atoms with Crippen molar-refractivity contribution < 1.29 is 0 Å². The van der Waals surface area contributed by atoms with Crippen LogP contribution < -0.4 is 11.1 Å². The molecule has 0 radical (unpaired) electrons. The maximum Gasteiger partial charge on any atom is 0.0523 e. The Kier molecular flexibility index (Phi) is 3.72. The normalized spacial score (nSPS) is 28.3. The maximum atomic E-state index is 6.07. The van der Waals surface area contributed by atoms with Crippen molar-refractivity contribution in [1.82, 2.24) is 0 Å². The van der Waals surface area contributed by atoms with E-state index in [9.17, 15) is 0 Å². The fraction of sp³-hybridized carbons (Fsp3) is 0.600. The standard InChI is InChI=1S/C15H24N2/c1-3-13-8-6-10-15(13,11-16)17-14-9-5-4-7-12(14)2/h4-5,7,9,13,17H,3,6,8,10-11,16H2,1-2H3. The van der Waals surface area contributed by atoms with Crippen LogP contribution in [-0.2, 0) is 0 Å². The summed E-state index contributed by atoms with van der Waals surface area (Å²) in [5.41, 5.74) is 8.75. The first-order valence-corrected chi connectivity index (χ1v) is 6.75. The van der Waals surface area contributed by atoms with Crippen molar-refractivity contribution in [3.8, 4) is 0 Å². The van der Waals surface area contributed by atoms with E-state index in [1.165, 1.54) is 36.9 Å². The number of aryl methyl sites for hydroxylation is 1. The number of para-hydroxylation sites is 1. The largest absolute Gasteiger partial charge is 0.378 e. The highest BCUT2D eigenvalue weighted by atomic mass is 15.0. The van der Waals surface area contributed by atoms with Gasteiger partial charge in [-0.3, -0.25) is 0 Å². The number of nitrogens with two attached hydrogens (primary N) is 1. The van der Waals surface area contributed by atoms with Crippen LogP contribution in [0.15, 0.2) is 24.3 Å². The molecule has 2 heteroatoms. The van der Waals surface area contributed by atoms with Gasteiger partial charge in [0.15, 0.2) is 0 Å². The molecule has 1 saturated carbocycles. The SMILES string of the molecule is CCC1CCCC1(CN)Nc1ccccc1C. The van der Waals surface area contributed by atoms with Gasteiger partial charge in [-0.1, -0.05) is 38.0 Å². The second-order valence-electron chi connectivity index (χ2n) is 5.30. The van der Waals surface area contributed by atoms with E-state index in [1.54, 1.807) is 0 Å². The highest BCUT2D eigenvalue weighted by molar-refractivity contribution is 5.52. The number of anilines is 1. The van der Waals surface area contributed by atoms with Gasteiger partial charge in [0.2, 0.25) is 0 Å². The van der Waals surface area contributed by atoms with Crippen LogP contribution in [0.2, 0.25) is 0 Å². The lowest BCUT2D eigenvalue weighted by atomic mass is 9.84. The number of hydrogen-bond donors (Lipinski definition) is 2. The second-order valence-corrected chi connectivity index (χ2v) is 5.30. The van der Waals surface area contributed by atoms with Crippen LogP contribution in [-0.4, -0.2) is 12.1 Å². The third kappa shape index (κ3) is 2.32. The number of hydrogen-bond acceptors (Lipinski definition) is 2. The molecule has 2 atom stereocenters. The number of benzene rings is 1. The first-order chi connectivity index (χ1) is 8.22. The molecule has 0 aromatic heterocycles. The molecule has 1 aromatic carbocycles. The summed E-state index contributed by atoms with van der Waals surface area (Å²) in [6.07, 6.45) is 5.04. The molecule has 0 spiro atoms. The van der Waals surface area contributed by atoms with Gasteiger partial charge in [0.05, 0.1) is 5.54 Å². The Morgan fingerprint density at radius 3 is 2.82 bits per heavy atom. The van der Waals surface area contributed by atoms with Crippen LogP contribution >= 0.6 is 0 Å². The average Bonchev–Trinajstić information content (AvgIpc) is 2.75. The molecule has 0 bridgehead atoms. The van der Waals surface area contributed by atoms with Crippen molar-refractivity contribution in [2.75, 3.05) is 11.9 Å². The van der Waals surface area contributed by atoms with Gasteiger partial charge in [0.25, 0.3) is 0 Å². The predicted octanol–water partition coefficient (Wildman–Crippen LogP) is 3.31. The molecule has 1 aliphatic carbocycles. The fourth-order valence-electron chi connectivity index (χ4n) is 3.20. The maximum absolute atomic E-state index is 6.07. The predicted molar refractivity (Wildman–Crippen MR) is 74.2 cm³/mol. The highest BCUT2D eigenvalue weighted by Gasteiger charge is 2.40. The van der Waals surface area contributed by atoms with Crippen molar-refractivity contribution in [2.45, 2.75) is 45.1 Å². The van der Waals surface area contributed by atoms with Crippen molar-refractivity contribution in [3.05, 3.63) is 29.8 Å². The molecule has 0 heterocycles. The quantitative estimate of drug-likeness (QED) is 0.835. The van der Waals surface area contributed by atoms with Gasteiger partial charge in [-0.15, -0.1) is 0 Å². The van der Waals surface area contributed by atoms with Gasteiger partial charge in [-0.05, 0) is 37.3 Å². The van der Waals surface area contributed by atoms with Gasteiger partial charge in [-0.25, -0.2) is 0 Å². The first-order valence-electron chi connectivity index (χ1n) is 6.75. The van der Waals surface area contributed by atoms with Crippen molar-refractivity contribution in [2.24, 2.45) is 11.7 Å². The Bertz CT molecular complexity index is 375. The Balaban J connectivity index is 2.23. The Morgan fingerprint density at radius 2 is 2.18 bits per heavy atom. The lowest BCUT2D eigenvalue weighted by Crippen LogP contribution is -2.48. The van der Waals surface area contributed by atoms with E-state index in [1.807, 2.05) is 0 Å². The topological polar surface area (TPSA) is 38.0 Å². The van der Waals surface area contributed by atoms with Gasteiger partial charge in [0, 0.05) is 12.2 Å². The molecule has 2 nitrogen and oxygen atoms in total. The lowest BCUT2D eigenvalue weighted by molar-refractivity contribution is 0.346. The lowest BCUT2D eigenvalue weighted by Gasteiger charge is -2.36. The minimum absolute atomic E-state index is 0.126. The summed E-state index contributed by atoms with van der Waals surface area (Å²) in [5, 5.41) is 3.75. The Hall–Kier alpha value is -1.02. The zero-order valence-electron chi connectivity index (χ0n) is 11.0. The highest BCUT2D eigenvalue weighted by Crippen LogP contribution is 2.40. The zero-order chi connectivity index (χ0) is 12.3. The van der Waals surface area contributed by atoms with E-state index >= 15 is 0 Å². The van der Waals surface area contributed by atoms with E-state index in [2.05, 4.69) is 43.4 Å². The Morgan fingerprint density at radius 1 is 1.41 bits per heavy atom. The van der Waals surface area contributed by atoms with Gasteiger partial charge in [0.1, 0.15) is 0 Å². The monoisotopic (exact) mass is 232 g/mol. The van der Waals surface area contributed by atoms with Gasteiger partial charge < -0.3 is 11.1 Å². The summed E-state index contributed by atoms with van der Waals surface area (Å²) in [4.78, 5) is 0. The van der Waals surface area contributed by atoms with Crippen LogP contribution in [0.5, 0.6) is 0 Å². The van der Waals surface area contributed by atoms with E-state index in [-0.39, 0.29) is 5.54 Å². The average molecular weight is 232 g/mol. The number of nitrogens with one attached hydrogen (secondary N) is 1.